The lowest BCUT2D eigenvalue weighted by atomic mass is 10.1. The average Bonchev–Trinajstić information content (AvgIpc) is 2.76. The highest BCUT2D eigenvalue weighted by Crippen LogP contribution is 2.12. The molecule has 3 N–H and O–H groups in total. The molecule has 0 aliphatic carbocycles. The highest BCUT2D eigenvalue weighted by molar-refractivity contribution is 5.82. The van der Waals surface area contributed by atoms with Gasteiger partial charge in [0.2, 0.25) is 5.91 Å². The fourth-order valence-corrected chi connectivity index (χ4v) is 2.06. The molecule has 0 aliphatic heterocycles. The normalized spacial score (nSPS) is 12.2. The summed E-state index contributed by atoms with van der Waals surface area (Å²) >= 11 is 0. The number of carbonyl (C=O) groups is 1. The molecule has 2 rings (SSSR count). The molecule has 1 aromatic carbocycles. The second-order valence-corrected chi connectivity index (χ2v) is 5.13. The molecule has 4 nitrogen and oxygen atoms in total. The molecule has 0 bridgehead atoms. The number of hydrogen-bond donors (Lipinski definition) is 2. The summed E-state index contributed by atoms with van der Waals surface area (Å²) in [6.07, 6.45) is 0. The Balaban J connectivity index is 1.98. The largest absolute Gasteiger partial charge is 0.350 e. The predicted molar refractivity (Wildman–Crippen MR) is 80.1 cm³/mol. The van der Waals surface area contributed by atoms with Crippen molar-refractivity contribution in [2.24, 2.45) is 12.8 Å². The van der Waals surface area contributed by atoms with E-state index in [4.69, 9.17) is 5.73 Å². The lowest BCUT2D eigenvalue weighted by molar-refractivity contribution is -0.122. The molecular formula is C16H21N3O. The SMILES string of the molecule is Cc1ccc(C(N)C(=O)NCc2ccc(C)n2C)cc1. The predicted octanol–water partition coefficient (Wildman–Crippen LogP) is 1.96. The minimum Gasteiger partial charge on any atom is -0.350 e. The number of nitrogens with zero attached hydrogens (tertiary/aromatic N) is 1. The molecule has 106 valence electrons. The Morgan fingerprint density at radius 2 is 1.85 bits per heavy atom. The molecule has 4 heteroatoms. The van der Waals surface area contributed by atoms with E-state index in [1.54, 1.807) is 0 Å². The van der Waals surface area contributed by atoms with Gasteiger partial charge in [-0.3, -0.25) is 4.79 Å². The van der Waals surface area contributed by atoms with Crippen molar-refractivity contribution in [1.29, 1.82) is 0 Å². The van der Waals surface area contributed by atoms with Crippen LogP contribution in [0.25, 0.3) is 0 Å². The van der Waals surface area contributed by atoms with Crippen molar-refractivity contribution in [3.05, 3.63) is 58.9 Å². The second kappa shape index (κ2) is 5.92. The highest BCUT2D eigenvalue weighted by Gasteiger charge is 2.15. The zero-order valence-electron chi connectivity index (χ0n) is 12.2. The summed E-state index contributed by atoms with van der Waals surface area (Å²) in [5.41, 5.74) is 10.2. The number of nitrogens with two attached hydrogens (primary N) is 1. The number of hydrogen-bond acceptors (Lipinski definition) is 2. The Morgan fingerprint density at radius 1 is 1.20 bits per heavy atom. The molecule has 1 amide bonds. The molecule has 0 spiro atoms. The third-order valence-electron chi connectivity index (χ3n) is 3.64. The van der Waals surface area contributed by atoms with E-state index in [1.807, 2.05) is 57.3 Å². The molecular weight excluding hydrogens is 250 g/mol. The third kappa shape index (κ3) is 3.08. The Bertz CT molecular complexity index is 599. The van der Waals surface area contributed by atoms with E-state index in [0.29, 0.717) is 6.54 Å². The average molecular weight is 271 g/mol. The van der Waals surface area contributed by atoms with Crippen LogP contribution in [0.5, 0.6) is 0 Å². The van der Waals surface area contributed by atoms with Crippen LogP contribution < -0.4 is 11.1 Å². The Morgan fingerprint density at radius 3 is 2.40 bits per heavy atom. The summed E-state index contributed by atoms with van der Waals surface area (Å²) in [5.74, 6) is -0.160. The smallest absolute Gasteiger partial charge is 0.241 e. The number of benzene rings is 1. The summed E-state index contributed by atoms with van der Waals surface area (Å²) in [6.45, 7) is 4.53. The summed E-state index contributed by atoms with van der Waals surface area (Å²) < 4.78 is 2.05. The van der Waals surface area contributed by atoms with Crippen molar-refractivity contribution in [3.8, 4) is 0 Å². The van der Waals surface area contributed by atoms with Gasteiger partial charge >= 0.3 is 0 Å². The van der Waals surface area contributed by atoms with Crippen molar-refractivity contribution < 1.29 is 4.79 Å². The first-order valence-corrected chi connectivity index (χ1v) is 6.70. The van der Waals surface area contributed by atoms with Gasteiger partial charge in [0.05, 0.1) is 6.54 Å². The van der Waals surface area contributed by atoms with Crippen molar-refractivity contribution in [3.63, 3.8) is 0 Å². The van der Waals surface area contributed by atoms with Crippen LogP contribution in [-0.4, -0.2) is 10.5 Å². The van der Waals surface area contributed by atoms with Crippen molar-refractivity contribution in [1.82, 2.24) is 9.88 Å². The summed E-state index contributed by atoms with van der Waals surface area (Å²) in [6, 6.07) is 11.1. The van der Waals surface area contributed by atoms with Gasteiger partial charge in [-0.15, -0.1) is 0 Å². The summed E-state index contributed by atoms with van der Waals surface area (Å²) in [5, 5.41) is 2.88. The number of aryl methyl sites for hydroxylation is 2. The maximum absolute atomic E-state index is 12.1. The molecule has 2 aromatic rings. The standard InChI is InChI=1S/C16H21N3O/c1-11-4-7-13(8-5-11)15(17)16(20)18-10-14-9-6-12(2)19(14)3/h4-9,15H,10,17H2,1-3H3,(H,18,20). The monoisotopic (exact) mass is 271 g/mol. The zero-order chi connectivity index (χ0) is 14.7. The van der Waals surface area contributed by atoms with Crippen LogP contribution in [0.4, 0.5) is 0 Å². The van der Waals surface area contributed by atoms with Crippen LogP contribution in [0.15, 0.2) is 36.4 Å². The maximum Gasteiger partial charge on any atom is 0.241 e. The second-order valence-electron chi connectivity index (χ2n) is 5.13. The maximum atomic E-state index is 12.1. The van der Waals surface area contributed by atoms with Gasteiger partial charge in [-0.05, 0) is 31.5 Å². The van der Waals surface area contributed by atoms with Gasteiger partial charge in [0.1, 0.15) is 6.04 Å². The van der Waals surface area contributed by atoms with Gasteiger partial charge in [-0.25, -0.2) is 0 Å². The van der Waals surface area contributed by atoms with E-state index in [2.05, 4.69) is 9.88 Å². The van der Waals surface area contributed by atoms with Gasteiger partial charge < -0.3 is 15.6 Å². The number of rotatable bonds is 4. The lowest BCUT2D eigenvalue weighted by Gasteiger charge is -2.13. The molecule has 1 atom stereocenters. The van der Waals surface area contributed by atoms with Crippen LogP contribution in [-0.2, 0) is 18.4 Å². The molecule has 1 unspecified atom stereocenters. The molecule has 1 heterocycles. The van der Waals surface area contributed by atoms with Gasteiger partial charge in [-0.2, -0.15) is 0 Å². The fraction of sp³-hybridized carbons (Fsp3) is 0.312. The Kier molecular flexibility index (Phi) is 4.25. The molecule has 0 radical (unpaired) electrons. The first-order valence-electron chi connectivity index (χ1n) is 6.70. The van der Waals surface area contributed by atoms with Crippen LogP contribution in [0, 0.1) is 13.8 Å². The van der Waals surface area contributed by atoms with Crippen LogP contribution in [0.1, 0.15) is 28.6 Å². The topological polar surface area (TPSA) is 60.1 Å². The van der Waals surface area contributed by atoms with Gasteiger partial charge in [-0.1, -0.05) is 29.8 Å². The van der Waals surface area contributed by atoms with Crippen LogP contribution in [0.3, 0.4) is 0 Å². The first-order chi connectivity index (χ1) is 9.49. The molecule has 20 heavy (non-hydrogen) atoms. The fourth-order valence-electron chi connectivity index (χ4n) is 2.06. The van der Waals surface area contributed by atoms with Crippen LogP contribution >= 0.6 is 0 Å². The minimum absolute atomic E-state index is 0.160. The summed E-state index contributed by atoms with van der Waals surface area (Å²) in [4.78, 5) is 12.1. The quantitative estimate of drug-likeness (QED) is 0.893. The van der Waals surface area contributed by atoms with Gasteiger partial charge in [0.15, 0.2) is 0 Å². The molecule has 0 saturated heterocycles. The van der Waals surface area contributed by atoms with E-state index in [0.717, 1.165) is 22.5 Å². The van der Waals surface area contributed by atoms with Crippen LogP contribution in [0.2, 0.25) is 0 Å². The molecule has 0 saturated carbocycles. The highest BCUT2D eigenvalue weighted by atomic mass is 16.2. The van der Waals surface area contributed by atoms with E-state index >= 15 is 0 Å². The minimum atomic E-state index is -0.628. The van der Waals surface area contributed by atoms with Crippen molar-refractivity contribution in [2.45, 2.75) is 26.4 Å². The van der Waals surface area contributed by atoms with E-state index < -0.39 is 6.04 Å². The number of nitrogens with one attached hydrogen (secondary N) is 1. The number of amides is 1. The molecule has 1 aromatic heterocycles. The molecule has 0 aliphatic rings. The zero-order valence-corrected chi connectivity index (χ0v) is 12.2. The van der Waals surface area contributed by atoms with E-state index in [1.165, 1.54) is 0 Å². The Labute approximate surface area is 119 Å². The number of carbonyl (C=O) groups excluding carboxylic acids is 1. The Hall–Kier alpha value is -2.07. The van der Waals surface area contributed by atoms with Crippen molar-refractivity contribution >= 4 is 5.91 Å². The first kappa shape index (κ1) is 14.3. The lowest BCUT2D eigenvalue weighted by Crippen LogP contribution is -2.34. The number of aromatic nitrogens is 1. The van der Waals surface area contributed by atoms with Gasteiger partial charge in [0, 0.05) is 18.4 Å². The summed E-state index contributed by atoms with van der Waals surface area (Å²) in [7, 11) is 1.98. The van der Waals surface area contributed by atoms with Gasteiger partial charge in [0.25, 0.3) is 0 Å². The van der Waals surface area contributed by atoms with E-state index in [-0.39, 0.29) is 5.91 Å². The van der Waals surface area contributed by atoms with Crippen molar-refractivity contribution in [2.75, 3.05) is 0 Å². The van der Waals surface area contributed by atoms with E-state index in [9.17, 15) is 4.79 Å². The molecule has 0 fully saturated rings. The third-order valence-corrected chi connectivity index (χ3v) is 3.64.